The van der Waals surface area contributed by atoms with E-state index < -0.39 is 0 Å². The monoisotopic (exact) mass is 357 g/mol. The van der Waals surface area contributed by atoms with Crippen LogP contribution in [-0.4, -0.2) is 30.4 Å². The number of rotatable bonds is 2. The molecule has 0 saturated heterocycles. The van der Waals surface area contributed by atoms with Crippen molar-refractivity contribution < 1.29 is 0 Å². The Kier molecular flexibility index (Phi) is 3.54. The Hall–Kier alpha value is -2.38. The van der Waals surface area contributed by atoms with Crippen molar-refractivity contribution in [1.29, 1.82) is 0 Å². The van der Waals surface area contributed by atoms with E-state index in [1.807, 2.05) is 31.4 Å². The average Bonchev–Trinajstić information content (AvgIpc) is 3.02. The molecule has 24 heavy (non-hydrogen) atoms. The van der Waals surface area contributed by atoms with E-state index >= 15 is 0 Å². The number of fused-ring (bicyclic) bond motifs is 3. The lowest BCUT2D eigenvalue weighted by molar-refractivity contribution is 0.903. The van der Waals surface area contributed by atoms with Crippen molar-refractivity contribution in [3.05, 3.63) is 57.6 Å². The van der Waals surface area contributed by atoms with Crippen molar-refractivity contribution in [3.63, 3.8) is 0 Å². The molecule has 3 aromatic heterocycles. The Labute approximate surface area is 146 Å². The topological polar surface area (TPSA) is 65.1 Å². The van der Waals surface area contributed by atoms with Crippen LogP contribution in [0.4, 0.5) is 0 Å². The van der Waals surface area contributed by atoms with Crippen molar-refractivity contribution in [2.75, 3.05) is 6.26 Å². The van der Waals surface area contributed by atoms with Crippen LogP contribution in [-0.2, 0) is 0 Å². The average molecular weight is 358 g/mol. The van der Waals surface area contributed by atoms with Crippen molar-refractivity contribution in [3.8, 4) is 5.69 Å². The smallest absolute Gasteiger partial charge is 0.266 e. The molecule has 0 bridgehead atoms. The van der Waals surface area contributed by atoms with Gasteiger partial charge in [0.2, 0.25) is 5.16 Å². The van der Waals surface area contributed by atoms with Gasteiger partial charge in [0.15, 0.2) is 0 Å². The largest absolute Gasteiger partial charge is 0.283 e. The highest BCUT2D eigenvalue weighted by molar-refractivity contribution is 7.98. The Morgan fingerprint density at radius 1 is 1.25 bits per heavy atom. The molecule has 0 amide bonds. The molecule has 0 saturated carbocycles. The van der Waals surface area contributed by atoms with Crippen molar-refractivity contribution >= 4 is 40.0 Å². The van der Waals surface area contributed by atoms with Crippen molar-refractivity contribution in [2.24, 2.45) is 0 Å². The molecule has 6 nitrogen and oxygen atoms in total. The summed E-state index contributed by atoms with van der Waals surface area (Å²) in [7, 11) is 0. The van der Waals surface area contributed by atoms with Gasteiger partial charge in [-0.3, -0.25) is 9.36 Å². The molecule has 3 heterocycles. The molecule has 0 unspecified atom stereocenters. The molecule has 0 aliphatic carbocycles. The van der Waals surface area contributed by atoms with Crippen LogP contribution < -0.4 is 5.56 Å². The van der Waals surface area contributed by atoms with Crippen molar-refractivity contribution in [1.82, 2.24) is 24.1 Å². The molecule has 0 atom stereocenters. The van der Waals surface area contributed by atoms with E-state index in [2.05, 4.69) is 15.1 Å². The third-order valence-corrected chi connectivity index (χ3v) is 4.84. The van der Waals surface area contributed by atoms with Gasteiger partial charge in [-0.2, -0.15) is 9.50 Å². The SMILES string of the molecule is CSc1nc2ncc3c(=O)n(-c4cccc(Cl)c4C)ccc3n2n1. The lowest BCUT2D eigenvalue weighted by atomic mass is 10.2. The van der Waals surface area contributed by atoms with E-state index in [1.165, 1.54) is 11.8 Å². The van der Waals surface area contributed by atoms with Gasteiger partial charge in [0.25, 0.3) is 11.3 Å². The van der Waals surface area contributed by atoms with Gasteiger partial charge < -0.3 is 0 Å². The van der Waals surface area contributed by atoms with Gasteiger partial charge in [-0.1, -0.05) is 29.4 Å². The molecule has 0 spiro atoms. The third kappa shape index (κ3) is 2.20. The summed E-state index contributed by atoms with van der Waals surface area (Å²) >= 11 is 7.61. The van der Waals surface area contributed by atoms with Crippen LogP contribution in [0.1, 0.15) is 5.56 Å². The molecule has 120 valence electrons. The second-order valence-electron chi connectivity index (χ2n) is 5.24. The summed E-state index contributed by atoms with van der Waals surface area (Å²) in [6.45, 7) is 1.89. The lowest BCUT2D eigenvalue weighted by Crippen LogP contribution is -2.19. The van der Waals surface area contributed by atoms with Gasteiger partial charge >= 0.3 is 0 Å². The molecular weight excluding hydrogens is 346 g/mol. The fourth-order valence-corrected chi connectivity index (χ4v) is 3.14. The number of benzene rings is 1. The van der Waals surface area contributed by atoms with E-state index in [1.54, 1.807) is 27.5 Å². The van der Waals surface area contributed by atoms with Crippen LogP contribution in [0.25, 0.3) is 22.4 Å². The minimum atomic E-state index is -0.173. The van der Waals surface area contributed by atoms with Gasteiger partial charge in [-0.25, -0.2) is 4.98 Å². The highest BCUT2D eigenvalue weighted by Gasteiger charge is 2.13. The Morgan fingerprint density at radius 2 is 2.08 bits per heavy atom. The second kappa shape index (κ2) is 5.61. The highest BCUT2D eigenvalue weighted by Crippen LogP contribution is 2.22. The van der Waals surface area contributed by atoms with Crippen LogP contribution in [0, 0.1) is 6.92 Å². The summed E-state index contributed by atoms with van der Waals surface area (Å²) in [4.78, 5) is 21.5. The van der Waals surface area contributed by atoms with E-state index in [0.29, 0.717) is 26.9 Å². The number of halogens is 1. The number of nitrogens with zero attached hydrogens (tertiary/aromatic N) is 5. The van der Waals surface area contributed by atoms with Gasteiger partial charge in [-0.05, 0) is 36.9 Å². The van der Waals surface area contributed by atoms with Gasteiger partial charge in [-0.15, -0.1) is 5.10 Å². The summed E-state index contributed by atoms with van der Waals surface area (Å²) in [6.07, 6.45) is 5.16. The molecule has 4 rings (SSSR count). The van der Waals surface area contributed by atoms with Crippen LogP contribution >= 0.6 is 23.4 Å². The summed E-state index contributed by atoms with van der Waals surface area (Å²) in [6, 6.07) is 7.33. The van der Waals surface area contributed by atoms with Gasteiger partial charge in [0, 0.05) is 17.4 Å². The molecule has 8 heteroatoms. The molecule has 0 aliphatic rings. The number of hydrogen-bond donors (Lipinski definition) is 0. The Morgan fingerprint density at radius 3 is 2.88 bits per heavy atom. The zero-order valence-electron chi connectivity index (χ0n) is 12.9. The van der Waals surface area contributed by atoms with Crippen LogP contribution in [0.5, 0.6) is 0 Å². The first kappa shape index (κ1) is 15.2. The molecule has 0 radical (unpaired) electrons. The predicted octanol–water partition coefficient (Wildman–Crippen LogP) is 3.11. The molecule has 4 aromatic rings. The number of thioether (sulfide) groups is 1. The third-order valence-electron chi connectivity index (χ3n) is 3.90. The maximum absolute atomic E-state index is 12.9. The first-order valence-electron chi connectivity index (χ1n) is 7.17. The molecule has 0 aliphatic heterocycles. The van der Waals surface area contributed by atoms with Gasteiger partial charge in [0.1, 0.15) is 0 Å². The first-order chi connectivity index (χ1) is 11.6. The van der Waals surface area contributed by atoms with E-state index in [0.717, 1.165) is 11.3 Å². The summed E-state index contributed by atoms with van der Waals surface area (Å²) < 4.78 is 3.17. The quantitative estimate of drug-likeness (QED) is 0.516. The summed E-state index contributed by atoms with van der Waals surface area (Å²) in [5, 5.41) is 6.08. The normalized spacial score (nSPS) is 11.5. The highest BCUT2D eigenvalue weighted by atomic mass is 35.5. The molecular formula is C16H12ClN5OS. The van der Waals surface area contributed by atoms with Crippen LogP contribution in [0.3, 0.4) is 0 Å². The fourth-order valence-electron chi connectivity index (χ4n) is 2.63. The van der Waals surface area contributed by atoms with E-state index in [9.17, 15) is 4.79 Å². The fraction of sp³-hybridized carbons (Fsp3) is 0.125. The molecule has 0 fully saturated rings. The zero-order valence-corrected chi connectivity index (χ0v) is 14.5. The van der Waals surface area contributed by atoms with Crippen molar-refractivity contribution in [2.45, 2.75) is 12.1 Å². The van der Waals surface area contributed by atoms with E-state index in [-0.39, 0.29) is 5.56 Å². The van der Waals surface area contributed by atoms with E-state index in [4.69, 9.17) is 11.6 Å². The standard InChI is InChI=1S/C16H12ClN5OS/c1-9-11(17)4-3-5-12(9)21-7-6-13-10(14(21)23)8-18-15-19-16(24-2)20-22(13)15/h3-8H,1-2H3. The zero-order chi connectivity index (χ0) is 16.8. The molecule has 1 aromatic carbocycles. The van der Waals surface area contributed by atoms with Crippen LogP contribution in [0.15, 0.2) is 46.6 Å². The Bertz CT molecular complexity index is 1150. The molecule has 0 N–H and O–H groups in total. The summed E-state index contributed by atoms with van der Waals surface area (Å²) in [5.41, 5.74) is 2.10. The number of aromatic nitrogens is 5. The number of pyridine rings is 1. The number of hydrogen-bond acceptors (Lipinski definition) is 5. The predicted molar refractivity (Wildman–Crippen MR) is 95.4 cm³/mol. The summed E-state index contributed by atoms with van der Waals surface area (Å²) in [5.74, 6) is 0.475. The Balaban J connectivity index is 2.04. The van der Waals surface area contributed by atoms with Gasteiger partial charge in [0.05, 0.1) is 16.6 Å². The maximum Gasteiger partial charge on any atom is 0.266 e. The minimum Gasteiger partial charge on any atom is -0.283 e. The first-order valence-corrected chi connectivity index (χ1v) is 8.77. The van der Waals surface area contributed by atoms with Crippen LogP contribution in [0.2, 0.25) is 5.02 Å². The minimum absolute atomic E-state index is 0.173. The lowest BCUT2D eigenvalue weighted by Gasteiger charge is -2.11. The maximum atomic E-state index is 12.9. The second-order valence-corrected chi connectivity index (χ2v) is 6.42.